The Hall–Kier alpha value is -3.97. The van der Waals surface area contributed by atoms with Gasteiger partial charge in [-0.25, -0.2) is 4.79 Å². The van der Waals surface area contributed by atoms with Crippen LogP contribution in [0.15, 0.2) is 72.8 Å². The zero-order valence-corrected chi connectivity index (χ0v) is 22.2. The number of hydrogen-bond donors (Lipinski definition) is 1. The summed E-state index contributed by atoms with van der Waals surface area (Å²) >= 11 is 5.88. The van der Waals surface area contributed by atoms with Crippen LogP contribution in [0.4, 0.5) is 5.69 Å². The van der Waals surface area contributed by atoms with Crippen LogP contribution in [-0.4, -0.2) is 41.2 Å². The number of nitrogens with zero attached hydrogens (tertiary/aromatic N) is 1. The van der Waals surface area contributed by atoms with Gasteiger partial charge in [-0.1, -0.05) is 74.0 Å². The van der Waals surface area contributed by atoms with Crippen molar-refractivity contribution in [2.75, 3.05) is 11.9 Å². The van der Waals surface area contributed by atoms with Gasteiger partial charge in [-0.3, -0.25) is 19.3 Å². The summed E-state index contributed by atoms with van der Waals surface area (Å²) in [6.07, 6.45) is 0. The van der Waals surface area contributed by atoms with Crippen LogP contribution < -0.4 is 5.32 Å². The number of rotatable bonds is 6. The fourth-order valence-corrected chi connectivity index (χ4v) is 6.73. The summed E-state index contributed by atoms with van der Waals surface area (Å²) in [6, 6.07) is 21.4. The van der Waals surface area contributed by atoms with Gasteiger partial charge in [0.1, 0.15) is 6.04 Å². The molecule has 4 aliphatic rings. The second-order valence-corrected chi connectivity index (χ2v) is 11.1. The quantitative estimate of drug-likeness (QED) is 0.359. The number of halogens is 1. The maximum atomic E-state index is 14.0. The first-order chi connectivity index (χ1) is 18.8. The number of carbonyl (C=O) groups excluding carboxylic acids is 4. The maximum absolute atomic E-state index is 14.0. The molecular weight excluding hydrogens is 516 g/mol. The van der Waals surface area contributed by atoms with Gasteiger partial charge in [0.25, 0.3) is 5.91 Å². The van der Waals surface area contributed by atoms with Gasteiger partial charge in [-0.15, -0.1) is 0 Å². The van der Waals surface area contributed by atoms with Crippen molar-refractivity contribution in [3.8, 4) is 0 Å². The molecule has 8 heteroatoms. The lowest BCUT2D eigenvalue weighted by Gasteiger charge is -2.45. The Morgan fingerprint density at radius 1 is 0.821 bits per heavy atom. The number of anilines is 1. The summed E-state index contributed by atoms with van der Waals surface area (Å²) in [4.78, 5) is 54.9. The van der Waals surface area contributed by atoms with Crippen molar-refractivity contribution < 1.29 is 23.9 Å². The normalized spacial score (nSPS) is 23.2. The molecular formula is C31H27ClN2O5. The highest BCUT2D eigenvalue weighted by molar-refractivity contribution is 6.30. The molecule has 1 saturated heterocycles. The lowest BCUT2D eigenvalue weighted by Crippen LogP contribution is -2.49. The number of carbonyl (C=O) groups is 4. The molecule has 1 fully saturated rings. The molecule has 2 bridgehead atoms. The first-order valence-electron chi connectivity index (χ1n) is 13.0. The molecule has 7 rings (SSSR count). The summed E-state index contributed by atoms with van der Waals surface area (Å²) in [7, 11) is 0. The molecule has 0 spiro atoms. The lowest BCUT2D eigenvalue weighted by atomic mass is 9.55. The van der Waals surface area contributed by atoms with E-state index in [2.05, 4.69) is 5.32 Å². The Morgan fingerprint density at radius 3 is 1.72 bits per heavy atom. The van der Waals surface area contributed by atoms with E-state index in [0.29, 0.717) is 10.7 Å². The Kier molecular flexibility index (Phi) is 6.26. The lowest BCUT2D eigenvalue weighted by molar-refractivity contribution is -0.162. The minimum Gasteiger partial charge on any atom is -0.454 e. The number of benzene rings is 3. The molecule has 1 heterocycles. The predicted octanol–water partition coefficient (Wildman–Crippen LogP) is 4.74. The first kappa shape index (κ1) is 25.3. The highest BCUT2D eigenvalue weighted by Gasteiger charge is 2.63. The Bertz CT molecular complexity index is 1390. The van der Waals surface area contributed by atoms with Crippen molar-refractivity contribution in [2.24, 2.45) is 17.8 Å². The largest absolute Gasteiger partial charge is 0.454 e. The second-order valence-electron chi connectivity index (χ2n) is 10.7. The Balaban J connectivity index is 1.26. The molecule has 0 radical (unpaired) electrons. The summed E-state index contributed by atoms with van der Waals surface area (Å²) in [5.41, 5.74) is 4.76. The highest BCUT2D eigenvalue weighted by atomic mass is 35.5. The van der Waals surface area contributed by atoms with Gasteiger partial charge < -0.3 is 10.1 Å². The molecule has 0 saturated carbocycles. The van der Waals surface area contributed by atoms with Gasteiger partial charge in [-0.05, 0) is 52.4 Å². The third-order valence-electron chi connectivity index (χ3n) is 8.11. The van der Waals surface area contributed by atoms with Crippen molar-refractivity contribution in [1.29, 1.82) is 0 Å². The van der Waals surface area contributed by atoms with Crippen LogP contribution in [0.2, 0.25) is 5.02 Å². The van der Waals surface area contributed by atoms with Crippen LogP contribution >= 0.6 is 11.6 Å². The van der Waals surface area contributed by atoms with Crippen LogP contribution in [0.25, 0.3) is 0 Å². The van der Waals surface area contributed by atoms with Crippen molar-refractivity contribution in [3.05, 3.63) is 100 Å². The van der Waals surface area contributed by atoms with Crippen molar-refractivity contribution in [1.82, 2.24) is 4.90 Å². The van der Waals surface area contributed by atoms with E-state index >= 15 is 0 Å². The molecule has 0 unspecified atom stereocenters. The molecule has 1 aliphatic heterocycles. The van der Waals surface area contributed by atoms with Crippen LogP contribution in [0.1, 0.15) is 47.9 Å². The smallest absolute Gasteiger partial charge is 0.330 e. The summed E-state index contributed by atoms with van der Waals surface area (Å²) in [6.45, 7) is 2.98. The van der Waals surface area contributed by atoms with Crippen molar-refractivity contribution in [2.45, 2.75) is 31.7 Å². The zero-order chi connectivity index (χ0) is 27.4. The van der Waals surface area contributed by atoms with Crippen LogP contribution in [0.3, 0.4) is 0 Å². The van der Waals surface area contributed by atoms with Gasteiger partial charge in [-0.2, -0.15) is 0 Å². The number of hydrogen-bond acceptors (Lipinski definition) is 5. The van der Waals surface area contributed by atoms with Crippen LogP contribution in [0, 0.1) is 17.8 Å². The van der Waals surface area contributed by atoms with E-state index in [-0.39, 0.29) is 23.7 Å². The number of amides is 3. The number of likely N-dealkylation sites (tertiary alicyclic amines) is 1. The van der Waals surface area contributed by atoms with E-state index in [9.17, 15) is 19.2 Å². The molecule has 3 aromatic rings. The first-order valence-corrected chi connectivity index (χ1v) is 13.4. The Labute approximate surface area is 231 Å². The van der Waals surface area contributed by atoms with E-state index in [1.165, 1.54) is 0 Å². The fraction of sp³-hybridized carbons (Fsp3) is 0.290. The maximum Gasteiger partial charge on any atom is 0.330 e. The third kappa shape index (κ3) is 4.03. The monoisotopic (exact) mass is 542 g/mol. The molecule has 3 amide bonds. The molecule has 3 atom stereocenters. The van der Waals surface area contributed by atoms with E-state index < -0.39 is 42.3 Å². The van der Waals surface area contributed by atoms with E-state index in [1.54, 1.807) is 38.1 Å². The fourth-order valence-electron chi connectivity index (χ4n) is 6.60. The topological polar surface area (TPSA) is 92.8 Å². The van der Waals surface area contributed by atoms with Gasteiger partial charge in [0.05, 0.1) is 11.8 Å². The number of esters is 1. The molecule has 0 aromatic heterocycles. The molecule has 1 N–H and O–H groups in total. The zero-order valence-electron chi connectivity index (χ0n) is 21.5. The summed E-state index contributed by atoms with van der Waals surface area (Å²) in [5.74, 6) is -4.14. The third-order valence-corrected chi connectivity index (χ3v) is 8.36. The van der Waals surface area contributed by atoms with Crippen molar-refractivity contribution in [3.63, 3.8) is 0 Å². The average molecular weight is 543 g/mol. The van der Waals surface area contributed by atoms with Gasteiger partial charge in [0.2, 0.25) is 11.8 Å². The van der Waals surface area contributed by atoms with Gasteiger partial charge >= 0.3 is 5.97 Å². The van der Waals surface area contributed by atoms with Gasteiger partial charge in [0.15, 0.2) is 6.61 Å². The number of nitrogens with one attached hydrogen (secondary N) is 1. The molecule has 3 aliphatic carbocycles. The van der Waals surface area contributed by atoms with E-state index in [4.69, 9.17) is 16.3 Å². The van der Waals surface area contributed by atoms with Crippen LogP contribution in [-0.2, 0) is 23.9 Å². The van der Waals surface area contributed by atoms with Crippen molar-refractivity contribution >= 4 is 41.0 Å². The molecule has 39 heavy (non-hydrogen) atoms. The highest BCUT2D eigenvalue weighted by Crippen LogP contribution is 2.61. The summed E-state index contributed by atoms with van der Waals surface area (Å²) in [5, 5.41) is 3.17. The van der Waals surface area contributed by atoms with Crippen LogP contribution in [0.5, 0.6) is 0 Å². The minimum absolute atomic E-state index is 0.261. The molecule has 198 valence electrons. The van der Waals surface area contributed by atoms with Gasteiger partial charge in [0, 0.05) is 22.5 Å². The standard InChI is InChI=1S/C31H27ClN2O5/c1-16(2)28(31(38)39-15-23(35)33-18-13-11-17(32)12-14-18)34-29(36)26-24-19-7-3-4-8-20(19)25(27(26)30(34)37)22-10-6-5-9-21(22)24/h3-14,16,24-28H,15H2,1-2H3,(H,33,35)/t24?,25?,26-,27-,28+/m0/s1. The average Bonchev–Trinajstić information content (AvgIpc) is 3.19. The number of imide groups is 1. The predicted molar refractivity (Wildman–Crippen MR) is 145 cm³/mol. The minimum atomic E-state index is -1.13. The second kappa shape index (κ2) is 9.65. The molecule has 3 aromatic carbocycles. The summed E-state index contributed by atoms with van der Waals surface area (Å²) < 4.78 is 5.36. The Morgan fingerprint density at radius 2 is 1.28 bits per heavy atom. The van der Waals surface area contributed by atoms with E-state index in [0.717, 1.165) is 27.2 Å². The van der Waals surface area contributed by atoms with E-state index in [1.807, 2.05) is 48.5 Å². The molecule has 7 nitrogen and oxygen atoms in total. The SMILES string of the molecule is CC(C)[C@H](C(=O)OCC(=O)Nc1ccc(Cl)cc1)N1C(=O)[C@H]2C3c4ccccc4C(c4ccccc43)[C@@H]2C1=O. The number of ether oxygens (including phenoxy) is 1.